The van der Waals surface area contributed by atoms with Crippen LogP contribution in [-0.2, 0) is 44.6 Å². The van der Waals surface area contributed by atoms with Crippen LogP contribution in [0.3, 0.4) is 0 Å². The van der Waals surface area contributed by atoms with Crippen molar-refractivity contribution < 1.29 is 120 Å². The number of aromatic nitrogens is 4. The number of hydrogen-bond acceptors (Lipinski definition) is 26. The quantitative estimate of drug-likeness (QED) is 0.0567. The number of nitrogens with zero attached hydrogens (tertiary/aromatic N) is 2. The average molecular weight is 1330 g/mol. The molecule has 0 unspecified atom stereocenters. The van der Waals surface area contributed by atoms with Crippen LogP contribution in [-0.4, -0.2) is 251 Å². The number of benzene rings is 4. The highest BCUT2D eigenvalue weighted by Crippen LogP contribution is 2.41. The molecule has 0 radical (unpaired) electrons. The smallest absolute Gasteiger partial charge is 0.229 e. The number of aliphatic hydroxyl groups excluding tert-OH is 16. The third kappa shape index (κ3) is 13.0. The summed E-state index contributed by atoms with van der Waals surface area (Å²) in [5, 5.41) is 167. The molecule has 6 aliphatic rings. The Morgan fingerprint density at radius 3 is 0.667 bits per heavy atom. The number of ether oxygens (including phenoxy) is 8. The molecule has 6 aliphatic heterocycles. The van der Waals surface area contributed by atoms with E-state index in [1.165, 1.54) is 0 Å². The van der Waals surface area contributed by atoms with Crippen LogP contribution in [0.1, 0.15) is 22.8 Å². The van der Waals surface area contributed by atoms with E-state index in [0.717, 1.165) is 0 Å². The van der Waals surface area contributed by atoms with Crippen LogP contribution in [0.15, 0.2) is 121 Å². The normalized spacial score (nSPS) is 31.6. The van der Waals surface area contributed by atoms with Crippen LogP contribution < -0.4 is 18.9 Å². The Hall–Kier alpha value is -7.60. The van der Waals surface area contributed by atoms with Crippen molar-refractivity contribution in [3.63, 3.8) is 0 Å². The lowest BCUT2D eigenvalue weighted by molar-refractivity contribution is -0.277. The first-order chi connectivity index (χ1) is 46.3. The van der Waals surface area contributed by atoms with Crippen molar-refractivity contribution in [3.05, 3.63) is 144 Å². The van der Waals surface area contributed by atoms with Gasteiger partial charge in [-0.2, -0.15) is 0 Å². The molecule has 4 saturated heterocycles. The Morgan fingerprint density at radius 1 is 0.281 bits per heavy atom. The first-order valence-corrected chi connectivity index (χ1v) is 31.4. The number of hydrogen-bond donors (Lipinski definition) is 18. The fraction of sp³-hybridized carbons (Fsp3) is 0.412. The van der Waals surface area contributed by atoms with Crippen LogP contribution in [0.5, 0.6) is 23.0 Å². The van der Waals surface area contributed by atoms with Gasteiger partial charge in [0, 0.05) is 44.3 Å². The molecule has 28 nitrogen and oxygen atoms in total. The molecule has 20 atom stereocenters. The summed E-state index contributed by atoms with van der Waals surface area (Å²) in [6.07, 6.45) is -28.8. The van der Waals surface area contributed by atoms with Crippen molar-refractivity contribution in [2.45, 2.75) is 149 Å². The Morgan fingerprint density at radius 2 is 0.479 bits per heavy atom. The molecule has 9 heterocycles. The molecule has 3 aromatic heterocycles. The van der Waals surface area contributed by atoms with Crippen LogP contribution >= 0.6 is 0 Å². The van der Waals surface area contributed by atoms with Gasteiger partial charge in [-0.15, -0.1) is 0 Å². The van der Waals surface area contributed by atoms with Crippen molar-refractivity contribution >= 4 is 22.1 Å². The molecule has 0 aliphatic carbocycles. The summed E-state index contributed by atoms with van der Waals surface area (Å²) in [7, 11) is 0. The monoisotopic (exact) mass is 1330 g/mol. The van der Waals surface area contributed by atoms with Gasteiger partial charge in [-0.25, -0.2) is 0 Å². The third-order valence-electron chi connectivity index (χ3n) is 18.3. The van der Waals surface area contributed by atoms with Crippen molar-refractivity contribution in [3.8, 4) is 67.5 Å². The van der Waals surface area contributed by atoms with Crippen molar-refractivity contribution in [2.75, 3.05) is 26.4 Å². The molecule has 18 N–H and O–H groups in total. The maximum atomic E-state index is 10.9. The highest BCUT2D eigenvalue weighted by Gasteiger charge is 2.48. The Bertz CT molecular complexity index is 3510. The fourth-order valence-corrected chi connectivity index (χ4v) is 13.0. The van der Waals surface area contributed by atoms with E-state index in [1.807, 2.05) is 24.3 Å². The molecule has 4 aromatic carbocycles. The van der Waals surface area contributed by atoms with Gasteiger partial charge >= 0.3 is 0 Å². The number of rotatable bonds is 16. The maximum absolute atomic E-state index is 10.9. The summed E-state index contributed by atoms with van der Waals surface area (Å²) >= 11 is 0. The van der Waals surface area contributed by atoms with E-state index >= 15 is 0 Å². The maximum Gasteiger partial charge on any atom is 0.229 e. The Balaban J connectivity index is 0.978. The first kappa shape index (κ1) is 67.0. The Kier molecular flexibility index (Phi) is 19.6. The van der Waals surface area contributed by atoms with E-state index in [1.54, 1.807) is 97.1 Å². The minimum Gasteiger partial charge on any atom is -0.462 e. The van der Waals surface area contributed by atoms with Gasteiger partial charge < -0.3 is 130 Å². The van der Waals surface area contributed by atoms with Gasteiger partial charge in [-0.05, 0) is 121 Å². The van der Waals surface area contributed by atoms with Gasteiger partial charge in [-0.1, -0.05) is 48.5 Å². The van der Waals surface area contributed by atoms with Crippen molar-refractivity contribution in [2.24, 2.45) is 0 Å². The fourth-order valence-electron chi connectivity index (χ4n) is 13.0. The zero-order chi connectivity index (χ0) is 67.4. The summed E-state index contributed by atoms with van der Waals surface area (Å²) < 4.78 is 46.7. The lowest BCUT2D eigenvalue weighted by Gasteiger charge is -2.39. The van der Waals surface area contributed by atoms with E-state index in [0.29, 0.717) is 115 Å². The molecular formula is C68H74N4O24. The lowest BCUT2D eigenvalue weighted by atomic mass is 9.99. The van der Waals surface area contributed by atoms with Gasteiger partial charge in [0.25, 0.3) is 0 Å². The van der Waals surface area contributed by atoms with E-state index in [-0.39, 0.29) is 23.0 Å². The second-order valence-corrected chi connectivity index (χ2v) is 24.4. The second kappa shape index (κ2) is 28.1. The molecule has 7 aromatic rings. The minimum absolute atomic E-state index is 0.219. The molecule has 8 bridgehead atoms. The Labute approximate surface area is 546 Å². The van der Waals surface area contributed by atoms with Gasteiger partial charge in [-0.3, -0.25) is 9.97 Å². The summed E-state index contributed by atoms with van der Waals surface area (Å²) in [6, 6.07) is 35.1. The van der Waals surface area contributed by atoms with E-state index in [4.69, 9.17) is 47.9 Å². The zero-order valence-corrected chi connectivity index (χ0v) is 51.1. The number of aliphatic hydroxyl groups is 16. The molecule has 0 saturated carbocycles. The first-order valence-electron chi connectivity index (χ1n) is 31.4. The number of aromatic amines is 2. The van der Waals surface area contributed by atoms with E-state index in [2.05, 4.69) is 9.97 Å². The molecule has 0 spiro atoms. The lowest BCUT2D eigenvalue weighted by Crippen LogP contribution is -2.60. The summed E-state index contributed by atoms with van der Waals surface area (Å²) in [5.74, 6) is 0.875. The second-order valence-electron chi connectivity index (χ2n) is 24.4. The van der Waals surface area contributed by atoms with Gasteiger partial charge in [0.2, 0.25) is 25.2 Å². The van der Waals surface area contributed by atoms with Crippen LogP contribution in [0.4, 0.5) is 0 Å². The van der Waals surface area contributed by atoms with E-state index in [9.17, 15) is 81.7 Å². The zero-order valence-electron chi connectivity index (χ0n) is 51.1. The van der Waals surface area contributed by atoms with Gasteiger partial charge in [0.15, 0.2) is 0 Å². The number of fused-ring (bicyclic) bond motifs is 8. The molecule has 96 heavy (non-hydrogen) atoms. The third-order valence-corrected chi connectivity index (χ3v) is 18.3. The summed E-state index contributed by atoms with van der Waals surface area (Å²) in [4.78, 5) is 18.3. The van der Waals surface area contributed by atoms with Crippen LogP contribution in [0.25, 0.3) is 66.6 Å². The SMILES string of the molecule is OC[C@H]1O[C@@H](Oc2ccc(-c3c4nc(c(-c5ccc(O[C@@H]6O[C@H](CO)[C@@H](O)[C@H](O)[C@H]6O)cc5)c5ccc([nH]5)c(-c5ccc(O[C@@H]6O[C@H](CO)[C@@H](O)[C@H](O)[C@H]6O)cc5)c5nc(c(-c6ccc(O[C@@H]7O[C@H](CO)[C@@H](O)[C@H](O)[C@H]7O)cc6)c6ccc3[nH]6)CC5)CC4)cc2)[C@H](O)[C@@H](O)[C@@H]1O. The number of nitrogens with one attached hydrogen (secondary N) is 2. The molecule has 4 fully saturated rings. The standard InChI is InChI=1S/C68H74N4O24/c73-25-45-53(77)57(81)61(85)65(93-45)89-33-9-1-29(2-10-33)49-37-17-19-39(69-37)50(30-3-11-34(12-4-30)90-66-62(86)58(82)54(78)46(26-74)94-66)41-21-23-43(71-41)52(32-7-15-36(16-8-32)92-68-64(88)60(84)56(80)48(28-76)96-68)44-24-22-42(72-44)51(40-20-18-38(49)70-40)31-5-13-35(14-6-31)91-67-63(87)59(83)55(79)47(27-75)95-67/h1-17,19,22,24,45-48,53-69,72-88H,18,20-21,23,25-28H2/t45-,46-,47-,48-,53-,54-,55-,56-,57+,58+,59+,60+,61-,62-,63-,64-,65-,66-,67-,68-/m1/s1. The van der Waals surface area contributed by atoms with Gasteiger partial charge in [0.1, 0.15) is 121 Å². The van der Waals surface area contributed by atoms with Crippen molar-refractivity contribution in [1.82, 2.24) is 19.9 Å². The molecule has 510 valence electrons. The van der Waals surface area contributed by atoms with Crippen molar-refractivity contribution in [1.29, 1.82) is 0 Å². The largest absolute Gasteiger partial charge is 0.462 e. The minimum atomic E-state index is -1.68. The topological polar surface area (TPSA) is 455 Å². The number of aryl methyl sites for hydroxylation is 4. The van der Waals surface area contributed by atoms with Crippen LogP contribution in [0.2, 0.25) is 0 Å². The molecule has 28 heteroatoms. The van der Waals surface area contributed by atoms with Crippen LogP contribution in [0, 0.1) is 0 Å². The highest BCUT2D eigenvalue weighted by atomic mass is 16.7. The van der Waals surface area contributed by atoms with Gasteiger partial charge in [0.05, 0.1) is 49.2 Å². The molecule has 13 rings (SSSR count). The molecular weight excluding hydrogens is 1260 g/mol. The summed E-state index contributed by atoms with van der Waals surface area (Å²) in [6.45, 7) is -2.61. The number of H-pyrrole nitrogens is 2. The molecule has 0 amide bonds. The highest BCUT2D eigenvalue weighted by molar-refractivity contribution is 5.92. The predicted octanol–water partition coefficient (Wildman–Crippen LogP) is -0.732. The summed E-state index contributed by atoms with van der Waals surface area (Å²) in [5.41, 5.74) is 10.5. The average Bonchev–Trinajstić information content (AvgIpc) is 1.66. The van der Waals surface area contributed by atoms with E-state index < -0.39 is 149 Å². The predicted molar refractivity (Wildman–Crippen MR) is 335 cm³/mol.